The Morgan fingerprint density at radius 1 is 1.61 bits per heavy atom. The van der Waals surface area contributed by atoms with Crippen LogP contribution < -0.4 is 10.6 Å². The number of pyridine rings is 1. The molecule has 2 N–H and O–H groups in total. The maximum atomic E-state index is 11.2. The van der Waals surface area contributed by atoms with E-state index >= 15 is 0 Å². The van der Waals surface area contributed by atoms with Crippen LogP contribution in [0.3, 0.4) is 0 Å². The van der Waals surface area contributed by atoms with Crippen LogP contribution in [0.15, 0.2) is 12.3 Å². The minimum absolute atomic E-state index is 0.111. The summed E-state index contributed by atoms with van der Waals surface area (Å²) in [5.41, 5.74) is 6.67. The van der Waals surface area contributed by atoms with E-state index in [4.69, 9.17) is 5.73 Å². The minimum atomic E-state index is -0.348. The molecule has 18 heavy (non-hydrogen) atoms. The molecule has 1 saturated heterocycles. The van der Waals surface area contributed by atoms with Crippen molar-refractivity contribution < 1.29 is 4.92 Å². The maximum absolute atomic E-state index is 11.2. The summed E-state index contributed by atoms with van der Waals surface area (Å²) in [7, 11) is 0. The van der Waals surface area contributed by atoms with Crippen LogP contribution in [0.2, 0.25) is 0 Å². The summed E-state index contributed by atoms with van der Waals surface area (Å²) in [5, 5.41) is 11.2. The first-order valence-corrected chi connectivity index (χ1v) is 6.13. The smallest absolute Gasteiger partial charge is 0.314 e. The molecule has 0 amide bonds. The summed E-state index contributed by atoms with van der Waals surface area (Å²) < 4.78 is 0. The Bertz CT molecular complexity index is 463. The van der Waals surface area contributed by atoms with Crippen molar-refractivity contribution in [3.63, 3.8) is 0 Å². The van der Waals surface area contributed by atoms with Gasteiger partial charge in [-0.3, -0.25) is 10.1 Å². The number of aromatic nitrogens is 1. The molecule has 1 aliphatic heterocycles. The number of rotatable bonds is 2. The zero-order valence-corrected chi connectivity index (χ0v) is 10.7. The van der Waals surface area contributed by atoms with E-state index in [0.29, 0.717) is 11.4 Å². The highest BCUT2D eigenvalue weighted by atomic mass is 16.6. The highest BCUT2D eigenvalue weighted by molar-refractivity contribution is 5.62. The molecule has 2 atom stereocenters. The topological polar surface area (TPSA) is 85.3 Å². The second-order valence-electron chi connectivity index (χ2n) is 4.88. The lowest BCUT2D eigenvalue weighted by atomic mass is 9.99. The molecule has 1 aliphatic rings. The highest BCUT2D eigenvalue weighted by Gasteiger charge is 2.30. The fraction of sp³-hybridized carbons (Fsp3) is 0.583. The molecule has 0 bridgehead atoms. The quantitative estimate of drug-likeness (QED) is 0.636. The van der Waals surface area contributed by atoms with Gasteiger partial charge in [-0.15, -0.1) is 0 Å². The normalized spacial score (nSPS) is 24.1. The average molecular weight is 250 g/mol. The van der Waals surface area contributed by atoms with Crippen LogP contribution in [0.5, 0.6) is 0 Å². The molecule has 1 fully saturated rings. The molecule has 2 heterocycles. The molecule has 2 rings (SSSR count). The Kier molecular flexibility index (Phi) is 3.47. The first-order valence-electron chi connectivity index (χ1n) is 6.13. The first kappa shape index (κ1) is 12.8. The molecule has 0 aliphatic carbocycles. The van der Waals surface area contributed by atoms with Gasteiger partial charge in [0.25, 0.3) is 0 Å². The number of hydrogen-bond donors (Lipinski definition) is 1. The van der Waals surface area contributed by atoms with E-state index in [-0.39, 0.29) is 22.7 Å². The van der Waals surface area contributed by atoms with Gasteiger partial charge in [-0.1, -0.05) is 0 Å². The Morgan fingerprint density at radius 2 is 2.33 bits per heavy atom. The predicted molar refractivity (Wildman–Crippen MR) is 69.6 cm³/mol. The van der Waals surface area contributed by atoms with Crippen LogP contribution in [0, 0.1) is 17.0 Å². The molecule has 0 aromatic carbocycles. The second-order valence-corrected chi connectivity index (χ2v) is 4.88. The Balaban J connectivity index is 2.39. The monoisotopic (exact) mass is 250 g/mol. The van der Waals surface area contributed by atoms with Crippen LogP contribution in [0.4, 0.5) is 11.5 Å². The standard InChI is InChI=1S/C12H18N4O2/c1-8-3-5-14-12(11(8)16(17)18)15-6-4-10(13)7-9(15)2/h3,5,9-10H,4,6-7,13H2,1-2H3. The summed E-state index contributed by atoms with van der Waals surface area (Å²) in [4.78, 5) is 17.0. The zero-order valence-electron chi connectivity index (χ0n) is 10.7. The van der Waals surface area contributed by atoms with Gasteiger partial charge < -0.3 is 10.6 Å². The second kappa shape index (κ2) is 4.89. The molecule has 0 spiro atoms. The molecule has 0 radical (unpaired) electrons. The van der Waals surface area contributed by atoms with Crippen LogP contribution in [0.1, 0.15) is 25.3 Å². The highest BCUT2D eigenvalue weighted by Crippen LogP contribution is 2.32. The molecule has 1 aromatic rings. The van der Waals surface area contributed by atoms with Crippen LogP contribution >= 0.6 is 0 Å². The number of nitro groups is 1. The van der Waals surface area contributed by atoms with Crippen molar-refractivity contribution in [1.29, 1.82) is 0 Å². The Labute approximate surface area is 106 Å². The van der Waals surface area contributed by atoms with E-state index in [1.807, 2.05) is 11.8 Å². The summed E-state index contributed by atoms with van der Waals surface area (Å²) >= 11 is 0. The average Bonchev–Trinajstić information content (AvgIpc) is 2.28. The SMILES string of the molecule is Cc1ccnc(N2CCC(N)CC2C)c1[N+](=O)[O-]. The lowest BCUT2D eigenvalue weighted by molar-refractivity contribution is -0.384. The number of anilines is 1. The maximum Gasteiger partial charge on any atom is 0.314 e. The van der Waals surface area contributed by atoms with E-state index in [0.717, 1.165) is 19.4 Å². The van der Waals surface area contributed by atoms with Gasteiger partial charge in [0.2, 0.25) is 5.82 Å². The van der Waals surface area contributed by atoms with E-state index in [1.54, 1.807) is 19.2 Å². The minimum Gasteiger partial charge on any atom is -0.348 e. The van der Waals surface area contributed by atoms with Crippen molar-refractivity contribution in [2.24, 2.45) is 5.73 Å². The van der Waals surface area contributed by atoms with E-state index in [1.165, 1.54) is 0 Å². The zero-order chi connectivity index (χ0) is 13.3. The number of aryl methyl sites for hydroxylation is 1. The summed E-state index contributed by atoms with van der Waals surface area (Å²) in [6, 6.07) is 2.03. The third kappa shape index (κ3) is 2.28. The van der Waals surface area contributed by atoms with Gasteiger partial charge in [0.05, 0.1) is 4.92 Å². The number of hydrogen-bond acceptors (Lipinski definition) is 5. The van der Waals surface area contributed by atoms with E-state index < -0.39 is 0 Å². The van der Waals surface area contributed by atoms with Crippen molar-refractivity contribution in [3.05, 3.63) is 27.9 Å². The number of piperidine rings is 1. The van der Waals surface area contributed by atoms with Crippen molar-refractivity contribution in [3.8, 4) is 0 Å². The fourth-order valence-corrected chi connectivity index (χ4v) is 2.50. The largest absolute Gasteiger partial charge is 0.348 e. The third-order valence-corrected chi connectivity index (χ3v) is 3.48. The van der Waals surface area contributed by atoms with Gasteiger partial charge in [0, 0.05) is 30.4 Å². The predicted octanol–water partition coefficient (Wildman–Crippen LogP) is 1.61. The molecule has 0 saturated carbocycles. The van der Waals surface area contributed by atoms with Crippen LogP contribution in [0.25, 0.3) is 0 Å². The van der Waals surface area contributed by atoms with Gasteiger partial charge in [-0.25, -0.2) is 4.98 Å². The lowest BCUT2D eigenvalue weighted by Crippen LogP contribution is -2.46. The lowest BCUT2D eigenvalue weighted by Gasteiger charge is -2.36. The summed E-state index contributed by atoms with van der Waals surface area (Å²) in [6.45, 7) is 4.50. The third-order valence-electron chi connectivity index (χ3n) is 3.48. The van der Waals surface area contributed by atoms with Crippen molar-refractivity contribution in [2.45, 2.75) is 38.8 Å². The number of nitrogens with two attached hydrogens (primary N) is 1. The van der Waals surface area contributed by atoms with Gasteiger partial charge in [-0.2, -0.15) is 0 Å². The molecular formula is C12H18N4O2. The van der Waals surface area contributed by atoms with Gasteiger partial charge in [0.15, 0.2) is 0 Å². The summed E-state index contributed by atoms with van der Waals surface area (Å²) in [6.07, 6.45) is 3.31. The van der Waals surface area contributed by atoms with Crippen molar-refractivity contribution in [1.82, 2.24) is 4.98 Å². The van der Waals surface area contributed by atoms with Crippen molar-refractivity contribution in [2.75, 3.05) is 11.4 Å². The molecule has 2 unspecified atom stereocenters. The van der Waals surface area contributed by atoms with Gasteiger partial charge in [-0.05, 0) is 32.8 Å². The van der Waals surface area contributed by atoms with Crippen molar-refractivity contribution >= 4 is 11.5 Å². The molecule has 6 heteroatoms. The van der Waals surface area contributed by atoms with E-state index in [2.05, 4.69) is 4.98 Å². The van der Waals surface area contributed by atoms with Gasteiger partial charge >= 0.3 is 5.69 Å². The van der Waals surface area contributed by atoms with E-state index in [9.17, 15) is 10.1 Å². The van der Waals surface area contributed by atoms with Crippen LogP contribution in [-0.4, -0.2) is 28.5 Å². The Hall–Kier alpha value is -1.69. The van der Waals surface area contributed by atoms with Gasteiger partial charge in [0.1, 0.15) is 0 Å². The fourth-order valence-electron chi connectivity index (χ4n) is 2.50. The molecule has 6 nitrogen and oxygen atoms in total. The first-order chi connectivity index (χ1) is 8.50. The van der Waals surface area contributed by atoms with Crippen LogP contribution in [-0.2, 0) is 0 Å². The summed E-state index contributed by atoms with van der Waals surface area (Å²) in [5.74, 6) is 0.472. The molecule has 98 valence electrons. The Morgan fingerprint density at radius 3 is 2.94 bits per heavy atom. The molecular weight excluding hydrogens is 232 g/mol. The number of nitrogens with zero attached hydrogens (tertiary/aromatic N) is 3. The molecule has 1 aromatic heterocycles.